The number of rotatable bonds is 1. The number of nitrogens with one attached hydrogen (secondary N) is 1. The minimum Gasteiger partial charge on any atom is -0.312 e. The smallest absolute Gasteiger partial charge is 0.162 e. The maximum Gasteiger partial charge on any atom is 0.162 e. The Kier molecular flexibility index (Phi) is 3.51. The van der Waals surface area contributed by atoms with Crippen LogP contribution in [0.3, 0.4) is 0 Å². The molecule has 0 bridgehead atoms. The fourth-order valence-corrected chi connectivity index (χ4v) is 1.37. The van der Waals surface area contributed by atoms with Crippen LogP contribution in [-0.2, 0) is 0 Å². The first-order valence-electron chi connectivity index (χ1n) is 3.26. The molecule has 0 amide bonds. The zero-order valence-electron chi connectivity index (χ0n) is 6.00. The van der Waals surface area contributed by atoms with E-state index in [0.29, 0.717) is 6.04 Å². The van der Waals surface area contributed by atoms with Crippen LogP contribution in [0.5, 0.6) is 0 Å². The zero-order chi connectivity index (χ0) is 7.84. The Bertz CT molecular complexity index is 253. The SMILES string of the molecule is Brc1nn(C2CNC2)nc1Br.Cl. The number of hydrogen-bond acceptors (Lipinski definition) is 3. The fourth-order valence-electron chi connectivity index (χ4n) is 0.885. The van der Waals surface area contributed by atoms with Crippen molar-refractivity contribution in [2.45, 2.75) is 6.04 Å². The van der Waals surface area contributed by atoms with E-state index < -0.39 is 0 Å². The summed E-state index contributed by atoms with van der Waals surface area (Å²) in [7, 11) is 0. The highest BCUT2D eigenvalue weighted by Crippen LogP contribution is 2.19. The van der Waals surface area contributed by atoms with Gasteiger partial charge in [0, 0.05) is 13.1 Å². The molecule has 1 N–H and O–H groups in total. The Balaban J connectivity index is 0.000000720. The molecule has 1 saturated heterocycles. The lowest BCUT2D eigenvalue weighted by atomic mass is 10.2. The monoisotopic (exact) mass is 316 g/mol. The van der Waals surface area contributed by atoms with E-state index >= 15 is 0 Å². The first kappa shape index (κ1) is 10.4. The molecule has 4 nitrogen and oxygen atoms in total. The summed E-state index contributed by atoms with van der Waals surface area (Å²) in [6, 6.07) is 0.428. The molecule has 0 unspecified atom stereocenters. The van der Waals surface area contributed by atoms with E-state index in [1.54, 1.807) is 4.80 Å². The molecule has 1 aliphatic rings. The van der Waals surface area contributed by atoms with Crippen LogP contribution >= 0.6 is 44.3 Å². The highest BCUT2D eigenvalue weighted by Gasteiger charge is 2.21. The molecule has 12 heavy (non-hydrogen) atoms. The van der Waals surface area contributed by atoms with Crippen molar-refractivity contribution in [1.29, 1.82) is 0 Å². The van der Waals surface area contributed by atoms with Gasteiger partial charge in [0.1, 0.15) is 0 Å². The third kappa shape index (κ3) is 1.81. The van der Waals surface area contributed by atoms with E-state index in [4.69, 9.17) is 0 Å². The predicted molar refractivity (Wildman–Crippen MR) is 54.6 cm³/mol. The average Bonchev–Trinajstić information content (AvgIpc) is 2.08. The van der Waals surface area contributed by atoms with Crippen molar-refractivity contribution in [2.24, 2.45) is 0 Å². The normalized spacial score (nSPS) is 16.8. The van der Waals surface area contributed by atoms with Crippen molar-refractivity contribution >= 4 is 44.3 Å². The van der Waals surface area contributed by atoms with Gasteiger partial charge in [-0.2, -0.15) is 4.80 Å². The Labute approximate surface area is 92.8 Å². The fraction of sp³-hybridized carbons (Fsp3) is 0.600. The van der Waals surface area contributed by atoms with Crippen molar-refractivity contribution in [2.75, 3.05) is 13.1 Å². The number of nitrogens with zero attached hydrogens (tertiary/aromatic N) is 3. The molecule has 2 rings (SSSR count). The Morgan fingerprint density at radius 1 is 1.25 bits per heavy atom. The topological polar surface area (TPSA) is 42.7 Å². The first-order chi connectivity index (χ1) is 5.27. The molecule has 0 atom stereocenters. The van der Waals surface area contributed by atoms with E-state index in [1.807, 2.05) is 0 Å². The van der Waals surface area contributed by atoms with Gasteiger partial charge in [-0.05, 0) is 31.9 Å². The van der Waals surface area contributed by atoms with Gasteiger partial charge in [-0.25, -0.2) is 0 Å². The standard InChI is InChI=1S/C5H6Br2N4.ClH/c6-4-5(7)10-11(9-4)3-1-8-2-3;/h3,8H,1-2H2;1H. The lowest BCUT2D eigenvalue weighted by molar-refractivity contribution is 0.288. The molecule has 0 radical (unpaired) electrons. The summed E-state index contributed by atoms with van der Waals surface area (Å²) < 4.78 is 1.54. The summed E-state index contributed by atoms with van der Waals surface area (Å²) in [5, 5.41) is 11.5. The van der Waals surface area contributed by atoms with E-state index in [-0.39, 0.29) is 12.4 Å². The maximum atomic E-state index is 4.17. The highest BCUT2D eigenvalue weighted by molar-refractivity contribution is 9.13. The van der Waals surface area contributed by atoms with Crippen LogP contribution in [-0.4, -0.2) is 28.1 Å². The van der Waals surface area contributed by atoms with Gasteiger partial charge in [-0.3, -0.25) is 0 Å². The zero-order valence-corrected chi connectivity index (χ0v) is 9.99. The van der Waals surface area contributed by atoms with E-state index in [0.717, 1.165) is 22.3 Å². The molecule has 7 heteroatoms. The van der Waals surface area contributed by atoms with Gasteiger partial charge in [-0.1, -0.05) is 0 Å². The second-order valence-corrected chi connectivity index (χ2v) is 3.92. The predicted octanol–water partition coefficient (Wildman–Crippen LogP) is 1.37. The van der Waals surface area contributed by atoms with Crippen LogP contribution in [0.15, 0.2) is 9.21 Å². The second kappa shape index (κ2) is 4.04. The van der Waals surface area contributed by atoms with Crippen LogP contribution < -0.4 is 5.32 Å². The summed E-state index contributed by atoms with van der Waals surface area (Å²) in [5.74, 6) is 0. The Hall–Kier alpha value is 0.350. The van der Waals surface area contributed by atoms with Gasteiger partial charge in [0.25, 0.3) is 0 Å². The minimum atomic E-state index is 0. The molecule has 1 aromatic rings. The van der Waals surface area contributed by atoms with Crippen LogP contribution in [0.25, 0.3) is 0 Å². The maximum absolute atomic E-state index is 4.17. The van der Waals surface area contributed by atoms with Gasteiger partial charge < -0.3 is 5.32 Å². The average molecular weight is 318 g/mol. The lowest BCUT2D eigenvalue weighted by Crippen LogP contribution is -2.44. The van der Waals surface area contributed by atoms with Crippen LogP contribution in [0.1, 0.15) is 6.04 Å². The quantitative estimate of drug-likeness (QED) is 0.850. The highest BCUT2D eigenvalue weighted by atomic mass is 79.9. The van der Waals surface area contributed by atoms with Crippen LogP contribution in [0, 0.1) is 0 Å². The van der Waals surface area contributed by atoms with Gasteiger partial charge in [0.05, 0.1) is 6.04 Å². The third-order valence-electron chi connectivity index (χ3n) is 1.64. The molecule has 1 aromatic heterocycles. The summed E-state index contributed by atoms with van der Waals surface area (Å²) in [4.78, 5) is 1.73. The third-order valence-corrected chi connectivity index (χ3v) is 3.24. The lowest BCUT2D eigenvalue weighted by Gasteiger charge is -2.25. The molecule has 68 valence electrons. The summed E-state index contributed by atoms with van der Waals surface area (Å²) in [6.45, 7) is 1.93. The van der Waals surface area contributed by atoms with Gasteiger partial charge in [-0.15, -0.1) is 22.6 Å². The number of halogens is 3. The molecule has 0 saturated carbocycles. The molecule has 1 aliphatic heterocycles. The molecular formula is C5H7Br2ClN4. The van der Waals surface area contributed by atoms with Crippen molar-refractivity contribution < 1.29 is 0 Å². The van der Waals surface area contributed by atoms with Gasteiger partial charge in [0.2, 0.25) is 0 Å². The Morgan fingerprint density at radius 3 is 2.08 bits per heavy atom. The largest absolute Gasteiger partial charge is 0.312 e. The molecular weight excluding hydrogens is 311 g/mol. The van der Waals surface area contributed by atoms with E-state index in [1.165, 1.54) is 0 Å². The van der Waals surface area contributed by atoms with Gasteiger partial charge >= 0.3 is 0 Å². The van der Waals surface area contributed by atoms with Crippen molar-refractivity contribution in [3.8, 4) is 0 Å². The van der Waals surface area contributed by atoms with Crippen LogP contribution in [0.4, 0.5) is 0 Å². The summed E-state index contributed by atoms with van der Waals surface area (Å²) >= 11 is 6.55. The molecule has 0 spiro atoms. The minimum absolute atomic E-state index is 0. The van der Waals surface area contributed by atoms with Crippen molar-refractivity contribution in [3.05, 3.63) is 9.21 Å². The first-order valence-corrected chi connectivity index (χ1v) is 4.84. The molecule has 0 aromatic carbocycles. The molecule has 1 fully saturated rings. The van der Waals surface area contributed by atoms with Crippen molar-refractivity contribution in [3.63, 3.8) is 0 Å². The van der Waals surface area contributed by atoms with Crippen molar-refractivity contribution in [1.82, 2.24) is 20.3 Å². The molecule has 0 aliphatic carbocycles. The number of hydrogen-bond donors (Lipinski definition) is 1. The Morgan fingerprint density at radius 2 is 1.75 bits per heavy atom. The van der Waals surface area contributed by atoms with E-state index in [2.05, 4.69) is 47.4 Å². The molecule has 2 heterocycles. The van der Waals surface area contributed by atoms with E-state index in [9.17, 15) is 0 Å². The van der Waals surface area contributed by atoms with Crippen LogP contribution in [0.2, 0.25) is 0 Å². The van der Waals surface area contributed by atoms with Gasteiger partial charge in [0.15, 0.2) is 9.21 Å². The summed E-state index contributed by atoms with van der Waals surface area (Å²) in [6.07, 6.45) is 0. The number of aromatic nitrogens is 3. The second-order valence-electron chi connectivity index (χ2n) is 2.41. The summed E-state index contributed by atoms with van der Waals surface area (Å²) in [5.41, 5.74) is 0.